The first-order valence-corrected chi connectivity index (χ1v) is 4.42. The van der Waals surface area contributed by atoms with Crippen LogP contribution in [0.4, 0.5) is 0 Å². The Bertz CT molecular complexity index is 385. The van der Waals surface area contributed by atoms with Gasteiger partial charge in [-0.15, -0.1) is 0 Å². The van der Waals surface area contributed by atoms with Crippen molar-refractivity contribution in [3.05, 3.63) is 29.1 Å². The largest absolute Gasteiger partial charge is 0.384 e. The van der Waals surface area contributed by atoms with Crippen LogP contribution in [0.3, 0.4) is 0 Å². The maximum atomic E-state index is 10.9. The average molecular weight is 193 g/mol. The Morgan fingerprint density at radius 1 is 1.14 bits per heavy atom. The van der Waals surface area contributed by atoms with Crippen molar-refractivity contribution in [2.45, 2.75) is 20.8 Å². The Morgan fingerprint density at radius 2 is 1.79 bits per heavy atom. The Kier molecular flexibility index (Phi) is 2.96. The fourth-order valence-electron chi connectivity index (χ4n) is 1.06. The molecule has 0 N–H and O–H groups in total. The van der Waals surface area contributed by atoms with E-state index in [4.69, 9.17) is 0 Å². The van der Waals surface area contributed by atoms with Crippen molar-refractivity contribution in [2.75, 3.05) is 0 Å². The highest BCUT2D eigenvalue weighted by molar-refractivity contribution is 6.13. The normalized spacial score (nSPS) is 12.8. The van der Waals surface area contributed by atoms with Crippen LogP contribution < -0.4 is 0 Å². The summed E-state index contributed by atoms with van der Waals surface area (Å²) in [4.78, 5) is 25.7. The molecule has 1 aliphatic rings. The van der Waals surface area contributed by atoms with E-state index in [2.05, 4.69) is 9.72 Å². The van der Waals surface area contributed by atoms with Crippen LogP contribution in [0.1, 0.15) is 40.4 Å². The SMILES string of the molecule is CC.Cc1ccc2c(n1)C(=O)OC2=O. The van der Waals surface area contributed by atoms with Crippen molar-refractivity contribution >= 4 is 11.9 Å². The first-order valence-electron chi connectivity index (χ1n) is 4.42. The number of aryl methyl sites for hydroxylation is 1. The van der Waals surface area contributed by atoms with Crippen LogP contribution in [-0.2, 0) is 4.74 Å². The molecule has 0 aliphatic carbocycles. The molecule has 0 bridgehead atoms. The minimum absolute atomic E-state index is 0.125. The number of aromatic nitrogens is 1. The fourth-order valence-corrected chi connectivity index (χ4v) is 1.06. The van der Waals surface area contributed by atoms with E-state index in [0.29, 0.717) is 5.69 Å². The molecular weight excluding hydrogens is 182 g/mol. The number of cyclic esters (lactones) is 2. The zero-order chi connectivity index (χ0) is 10.7. The topological polar surface area (TPSA) is 56.3 Å². The van der Waals surface area contributed by atoms with Gasteiger partial charge in [0.05, 0.1) is 5.56 Å². The molecule has 2 heterocycles. The molecule has 0 fully saturated rings. The van der Waals surface area contributed by atoms with Crippen molar-refractivity contribution in [3.8, 4) is 0 Å². The Labute approximate surface area is 81.9 Å². The van der Waals surface area contributed by atoms with Gasteiger partial charge in [0.25, 0.3) is 0 Å². The lowest BCUT2D eigenvalue weighted by Crippen LogP contribution is -1.98. The molecule has 1 aromatic heterocycles. The molecule has 14 heavy (non-hydrogen) atoms. The van der Waals surface area contributed by atoms with Gasteiger partial charge >= 0.3 is 11.9 Å². The number of ether oxygens (including phenoxy) is 1. The first-order chi connectivity index (χ1) is 6.68. The lowest BCUT2D eigenvalue weighted by atomic mass is 10.2. The van der Waals surface area contributed by atoms with Gasteiger partial charge in [0, 0.05) is 5.69 Å². The van der Waals surface area contributed by atoms with Crippen LogP contribution in [0.5, 0.6) is 0 Å². The minimum atomic E-state index is -0.654. The van der Waals surface area contributed by atoms with Crippen LogP contribution in [0.15, 0.2) is 12.1 Å². The minimum Gasteiger partial charge on any atom is -0.384 e. The van der Waals surface area contributed by atoms with E-state index in [1.165, 1.54) is 0 Å². The second-order valence-corrected chi connectivity index (χ2v) is 2.53. The van der Waals surface area contributed by atoms with Gasteiger partial charge in [-0.25, -0.2) is 14.6 Å². The van der Waals surface area contributed by atoms with Crippen molar-refractivity contribution in [1.82, 2.24) is 4.98 Å². The van der Waals surface area contributed by atoms with Crippen molar-refractivity contribution < 1.29 is 14.3 Å². The number of carbonyl (C=O) groups is 2. The van der Waals surface area contributed by atoms with E-state index in [1.807, 2.05) is 13.8 Å². The lowest BCUT2D eigenvalue weighted by molar-refractivity contribution is 0.0441. The number of hydrogen-bond donors (Lipinski definition) is 0. The van der Waals surface area contributed by atoms with Crippen LogP contribution in [-0.4, -0.2) is 16.9 Å². The molecule has 74 valence electrons. The second-order valence-electron chi connectivity index (χ2n) is 2.53. The molecule has 0 saturated carbocycles. The van der Waals surface area contributed by atoms with Gasteiger partial charge in [0.15, 0.2) is 5.69 Å². The molecule has 1 aliphatic heterocycles. The predicted molar refractivity (Wildman–Crippen MR) is 50.1 cm³/mol. The maximum Gasteiger partial charge on any atom is 0.365 e. The summed E-state index contributed by atoms with van der Waals surface area (Å²) in [6.07, 6.45) is 0. The molecule has 2 rings (SSSR count). The molecule has 4 nitrogen and oxygen atoms in total. The van der Waals surface area contributed by atoms with E-state index < -0.39 is 11.9 Å². The number of fused-ring (bicyclic) bond motifs is 1. The molecule has 1 aromatic rings. The van der Waals surface area contributed by atoms with Gasteiger partial charge < -0.3 is 4.74 Å². The van der Waals surface area contributed by atoms with E-state index in [9.17, 15) is 9.59 Å². The molecule has 4 heteroatoms. The number of hydrogen-bond acceptors (Lipinski definition) is 4. The monoisotopic (exact) mass is 193 g/mol. The Morgan fingerprint density at radius 3 is 2.43 bits per heavy atom. The van der Waals surface area contributed by atoms with Gasteiger partial charge in [-0.2, -0.15) is 0 Å². The highest BCUT2D eigenvalue weighted by atomic mass is 16.6. The van der Waals surface area contributed by atoms with Gasteiger partial charge in [-0.1, -0.05) is 13.8 Å². The zero-order valence-electron chi connectivity index (χ0n) is 8.33. The summed E-state index contributed by atoms with van der Waals surface area (Å²) in [6.45, 7) is 5.75. The molecule has 0 spiro atoms. The predicted octanol–water partition coefficient (Wildman–Crippen LogP) is 1.73. The van der Waals surface area contributed by atoms with Gasteiger partial charge in [-0.05, 0) is 19.1 Å². The molecular formula is C10H11NO3. The Hall–Kier alpha value is -1.71. The molecule has 0 aromatic carbocycles. The second kappa shape index (κ2) is 4.00. The van der Waals surface area contributed by atoms with Crippen molar-refractivity contribution in [2.24, 2.45) is 0 Å². The Balaban J connectivity index is 0.000000461. The standard InChI is InChI=1S/C8H5NO3.C2H6/c1-4-2-3-5-6(9-4)8(11)12-7(5)10;1-2/h2-3H,1H3;1-2H3. The van der Waals surface area contributed by atoms with Gasteiger partial charge in [-0.3, -0.25) is 0 Å². The molecule has 0 amide bonds. The third-order valence-electron chi connectivity index (χ3n) is 1.63. The summed E-state index contributed by atoms with van der Waals surface area (Å²) in [5.74, 6) is -1.26. The summed E-state index contributed by atoms with van der Waals surface area (Å²) < 4.78 is 4.35. The highest BCUT2D eigenvalue weighted by Gasteiger charge is 2.30. The third-order valence-corrected chi connectivity index (χ3v) is 1.63. The summed E-state index contributed by atoms with van der Waals surface area (Å²) >= 11 is 0. The smallest absolute Gasteiger partial charge is 0.365 e. The number of pyridine rings is 1. The van der Waals surface area contributed by atoms with Gasteiger partial charge in [0.1, 0.15) is 0 Å². The summed E-state index contributed by atoms with van der Waals surface area (Å²) in [5, 5.41) is 0. The number of carbonyl (C=O) groups excluding carboxylic acids is 2. The number of rotatable bonds is 0. The van der Waals surface area contributed by atoms with E-state index >= 15 is 0 Å². The van der Waals surface area contributed by atoms with E-state index in [1.54, 1.807) is 19.1 Å². The average Bonchev–Trinajstić information content (AvgIpc) is 2.46. The van der Waals surface area contributed by atoms with E-state index in [-0.39, 0.29) is 11.3 Å². The number of nitrogens with zero attached hydrogens (tertiary/aromatic N) is 1. The molecule has 0 radical (unpaired) electrons. The summed E-state index contributed by atoms with van der Waals surface area (Å²) in [6, 6.07) is 3.21. The van der Waals surface area contributed by atoms with Crippen LogP contribution in [0, 0.1) is 6.92 Å². The fraction of sp³-hybridized carbons (Fsp3) is 0.300. The van der Waals surface area contributed by atoms with Crippen molar-refractivity contribution in [1.29, 1.82) is 0 Å². The quantitative estimate of drug-likeness (QED) is 0.465. The lowest BCUT2D eigenvalue weighted by Gasteiger charge is -1.91. The third kappa shape index (κ3) is 1.64. The zero-order valence-corrected chi connectivity index (χ0v) is 8.33. The molecule has 0 atom stereocenters. The first kappa shape index (κ1) is 10.4. The summed E-state index contributed by atoms with van der Waals surface area (Å²) in [5.41, 5.74) is 1.08. The van der Waals surface area contributed by atoms with Gasteiger partial charge in [0.2, 0.25) is 0 Å². The number of esters is 2. The summed E-state index contributed by atoms with van der Waals surface area (Å²) in [7, 11) is 0. The van der Waals surface area contributed by atoms with Crippen LogP contribution >= 0.6 is 0 Å². The van der Waals surface area contributed by atoms with Crippen LogP contribution in [0.2, 0.25) is 0 Å². The highest BCUT2D eigenvalue weighted by Crippen LogP contribution is 2.17. The van der Waals surface area contributed by atoms with Crippen molar-refractivity contribution in [3.63, 3.8) is 0 Å². The maximum absolute atomic E-state index is 10.9. The van der Waals surface area contributed by atoms with E-state index in [0.717, 1.165) is 0 Å². The van der Waals surface area contributed by atoms with Crippen LogP contribution in [0.25, 0.3) is 0 Å². The molecule has 0 unspecified atom stereocenters. The molecule has 0 saturated heterocycles.